The molecule has 0 amide bonds. The van der Waals surface area contributed by atoms with E-state index in [1.165, 1.54) is 32.8 Å². The van der Waals surface area contributed by atoms with E-state index in [-0.39, 0.29) is 0 Å². The van der Waals surface area contributed by atoms with Crippen molar-refractivity contribution < 1.29 is 0 Å². The summed E-state index contributed by atoms with van der Waals surface area (Å²) in [5, 5.41) is 7.04. The van der Waals surface area contributed by atoms with Gasteiger partial charge in [0, 0.05) is 54.8 Å². The number of para-hydroxylation sites is 4. The molecule has 4 aromatic heterocycles. The van der Waals surface area contributed by atoms with Crippen LogP contribution in [0, 0.1) is 0 Å². The maximum Gasteiger partial charge on any atom is 0.238 e. The number of rotatable bonds is 6. The molecule has 0 N–H and O–H groups in total. The average molecular weight is 805 g/mol. The molecule has 0 aliphatic heterocycles. The van der Waals surface area contributed by atoms with Gasteiger partial charge in [0.05, 0.1) is 33.1 Å². The highest BCUT2D eigenvalue weighted by atomic mass is 15.2. The van der Waals surface area contributed by atoms with Gasteiger partial charge in [0.15, 0.2) is 11.6 Å². The molecule has 0 aliphatic carbocycles. The van der Waals surface area contributed by atoms with Gasteiger partial charge in [-0.15, -0.1) is 0 Å². The normalized spacial score (nSPS) is 11.8. The van der Waals surface area contributed by atoms with E-state index in [1.54, 1.807) is 0 Å². The van der Waals surface area contributed by atoms with E-state index >= 15 is 0 Å². The molecule has 6 nitrogen and oxygen atoms in total. The van der Waals surface area contributed by atoms with E-state index in [9.17, 15) is 0 Å². The molecular formula is C57H36N6. The Bertz CT molecular complexity index is 3830. The molecule has 0 atom stereocenters. The van der Waals surface area contributed by atoms with Gasteiger partial charge in [-0.2, -0.15) is 9.97 Å². The Balaban J connectivity index is 1.10. The average Bonchev–Trinajstić information content (AvgIpc) is 4.00. The Morgan fingerprint density at radius 1 is 0.254 bits per heavy atom. The third-order valence-corrected chi connectivity index (χ3v) is 12.5. The van der Waals surface area contributed by atoms with Crippen LogP contribution in [0.4, 0.5) is 0 Å². The second-order valence-corrected chi connectivity index (χ2v) is 16.0. The van der Waals surface area contributed by atoms with E-state index in [0.717, 1.165) is 66.3 Å². The minimum Gasteiger partial charge on any atom is -0.309 e. The molecule has 0 saturated carbocycles. The fourth-order valence-corrected chi connectivity index (χ4v) is 9.69. The second kappa shape index (κ2) is 14.0. The largest absolute Gasteiger partial charge is 0.309 e. The summed E-state index contributed by atoms with van der Waals surface area (Å²) in [6.07, 6.45) is 0. The maximum absolute atomic E-state index is 5.29. The van der Waals surface area contributed by atoms with E-state index < -0.39 is 0 Å². The van der Waals surface area contributed by atoms with Gasteiger partial charge in [-0.3, -0.25) is 4.57 Å². The Morgan fingerprint density at radius 3 is 1.22 bits per heavy atom. The van der Waals surface area contributed by atoms with Crippen LogP contribution in [-0.2, 0) is 0 Å². The molecule has 13 aromatic rings. The molecule has 13 rings (SSSR count). The quantitative estimate of drug-likeness (QED) is 0.168. The van der Waals surface area contributed by atoms with Gasteiger partial charge < -0.3 is 9.13 Å². The van der Waals surface area contributed by atoms with Crippen molar-refractivity contribution in [3.05, 3.63) is 218 Å². The topological polar surface area (TPSA) is 53.5 Å². The van der Waals surface area contributed by atoms with Gasteiger partial charge in [0.1, 0.15) is 0 Å². The van der Waals surface area contributed by atoms with Crippen molar-refractivity contribution in [3.63, 3.8) is 0 Å². The predicted molar refractivity (Wildman–Crippen MR) is 259 cm³/mol. The molecule has 9 aromatic carbocycles. The highest BCUT2D eigenvalue weighted by molar-refractivity contribution is 6.24. The van der Waals surface area contributed by atoms with E-state index in [2.05, 4.69) is 196 Å². The molecule has 0 saturated heterocycles. The van der Waals surface area contributed by atoms with Crippen LogP contribution >= 0.6 is 0 Å². The number of hydrogen-bond donors (Lipinski definition) is 0. The fourth-order valence-electron chi connectivity index (χ4n) is 9.69. The Morgan fingerprint density at radius 2 is 0.651 bits per heavy atom. The van der Waals surface area contributed by atoms with Crippen LogP contribution in [0.15, 0.2) is 218 Å². The van der Waals surface area contributed by atoms with E-state index in [0.29, 0.717) is 17.6 Å². The summed E-state index contributed by atoms with van der Waals surface area (Å²) in [6, 6.07) is 77.4. The Kier molecular flexibility index (Phi) is 7.80. The summed E-state index contributed by atoms with van der Waals surface area (Å²) < 4.78 is 7.04. The molecule has 0 spiro atoms. The van der Waals surface area contributed by atoms with Gasteiger partial charge >= 0.3 is 0 Å². The third-order valence-electron chi connectivity index (χ3n) is 12.5. The summed E-state index contributed by atoms with van der Waals surface area (Å²) in [6.45, 7) is 0. The monoisotopic (exact) mass is 804 g/mol. The van der Waals surface area contributed by atoms with Crippen molar-refractivity contribution in [1.82, 2.24) is 28.7 Å². The Labute approximate surface area is 362 Å². The molecule has 0 fully saturated rings. The maximum atomic E-state index is 5.29. The molecule has 294 valence electrons. The van der Waals surface area contributed by atoms with Crippen LogP contribution < -0.4 is 0 Å². The lowest BCUT2D eigenvalue weighted by Crippen LogP contribution is -2.07. The first-order chi connectivity index (χ1) is 31.3. The molecular weight excluding hydrogens is 769 g/mol. The van der Waals surface area contributed by atoms with Gasteiger partial charge in [-0.25, -0.2) is 4.98 Å². The zero-order valence-corrected chi connectivity index (χ0v) is 34.0. The summed E-state index contributed by atoms with van der Waals surface area (Å²) in [5.41, 5.74) is 13.1. The SMILES string of the molecule is c1ccc(-c2nc(-c3ccccc3)nc(-n3c4ccccc4c4ccc5c6cc(-c7ccc8c(c7)c7ccccc7n8-c7ccccc7)ccc6n(-c6ccccc6)c5c43)n2)cc1. The number of nitrogens with zero attached hydrogens (tertiary/aromatic N) is 6. The summed E-state index contributed by atoms with van der Waals surface area (Å²) in [4.78, 5) is 15.6. The number of aromatic nitrogens is 6. The second-order valence-electron chi connectivity index (χ2n) is 16.0. The highest BCUT2D eigenvalue weighted by Crippen LogP contribution is 2.43. The van der Waals surface area contributed by atoms with Gasteiger partial charge in [-0.1, -0.05) is 158 Å². The predicted octanol–water partition coefficient (Wildman–Crippen LogP) is 14.2. The minimum absolute atomic E-state index is 0.565. The Hall–Kier alpha value is -8.61. The van der Waals surface area contributed by atoms with Crippen molar-refractivity contribution in [2.45, 2.75) is 0 Å². The van der Waals surface area contributed by atoms with Crippen LogP contribution in [0.2, 0.25) is 0 Å². The van der Waals surface area contributed by atoms with E-state index in [4.69, 9.17) is 15.0 Å². The summed E-state index contributed by atoms with van der Waals surface area (Å²) in [7, 11) is 0. The highest BCUT2D eigenvalue weighted by Gasteiger charge is 2.24. The fraction of sp³-hybridized carbons (Fsp3) is 0. The van der Waals surface area contributed by atoms with Crippen LogP contribution in [-0.4, -0.2) is 28.7 Å². The number of fused-ring (bicyclic) bond motifs is 10. The molecule has 0 aliphatic rings. The van der Waals surface area contributed by atoms with Crippen LogP contribution in [0.3, 0.4) is 0 Å². The molecule has 63 heavy (non-hydrogen) atoms. The van der Waals surface area contributed by atoms with Crippen LogP contribution in [0.1, 0.15) is 0 Å². The van der Waals surface area contributed by atoms with Crippen molar-refractivity contribution in [2.24, 2.45) is 0 Å². The number of hydrogen-bond acceptors (Lipinski definition) is 3. The molecule has 0 radical (unpaired) electrons. The summed E-state index contributed by atoms with van der Waals surface area (Å²) in [5.74, 6) is 1.80. The number of benzene rings is 9. The molecule has 6 heteroatoms. The lowest BCUT2D eigenvalue weighted by atomic mass is 10.0. The first-order valence-electron chi connectivity index (χ1n) is 21.3. The smallest absolute Gasteiger partial charge is 0.238 e. The zero-order valence-electron chi connectivity index (χ0n) is 34.0. The van der Waals surface area contributed by atoms with Gasteiger partial charge in [0.2, 0.25) is 5.95 Å². The molecule has 4 heterocycles. The lowest BCUT2D eigenvalue weighted by Gasteiger charge is -2.13. The lowest BCUT2D eigenvalue weighted by molar-refractivity contribution is 0.953. The van der Waals surface area contributed by atoms with Gasteiger partial charge in [-0.05, 0) is 71.8 Å². The third kappa shape index (κ3) is 5.48. The minimum atomic E-state index is 0.565. The standard InChI is InChI=1S/C57H36N6/c1-5-17-37(18-6-1)55-58-56(38-19-7-2-8-20-38)60-57(59-55)63-50-28-16-13-25-43(50)45-31-32-46-48-36-40(30-34-52(48)62(53(46)54(45)63)42-23-11-4-12-24-42)39-29-33-51-47(35-39)44-26-14-15-27-49(44)61(51)41-21-9-3-10-22-41/h1-36H. The summed E-state index contributed by atoms with van der Waals surface area (Å²) >= 11 is 0. The first kappa shape index (κ1) is 35.2. The zero-order chi connectivity index (χ0) is 41.4. The van der Waals surface area contributed by atoms with Crippen LogP contribution in [0.25, 0.3) is 117 Å². The molecule has 0 bridgehead atoms. The van der Waals surface area contributed by atoms with Crippen LogP contribution in [0.5, 0.6) is 0 Å². The van der Waals surface area contributed by atoms with Crippen molar-refractivity contribution >= 4 is 65.4 Å². The van der Waals surface area contributed by atoms with Crippen molar-refractivity contribution in [2.75, 3.05) is 0 Å². The first-order valence-corrected chi connectivity index (χ1v) is 21.3. The van der Waals surface area contributed by atoms with Crippen molar-refractivity contribution in [1.29, 1.82) is 0 Å². The van der Waals surface area contributed by atoms with Crippen molar-refractivity contribution in [3.8, 4) is 51.2 Å². The van der Waals surface area contributed by atoms with E-state index in [1.807, 2.05) is 36.4 Å². The van der Waals surface area contributed by atoms with Gasteiger partial charge in [0.25, 0.3) is 0 Å². The molecule has 0 unspecified atom stereocenters.